The van der Waals surface area contributed by atoms with Crippen molar-refractivity contribution >= 4 is 46.4 Å². The summed E-state index contributed by atoms with van der Waals surface area (Å²) in [6.07, 6.45) is 1.67. The van der Waals surface area contributed by atoms with E-state index in [0.29, 0.717) is 35.2 Å². The van der Waals surface area contributed by atoms with Crippen molar-refractivity contribution in [2.45, 2.75) is 20.5 Å². The summed E-state index contributed by atoms with van der Waals surface area (Å²) in [6, 6.07) is 21.6. The van der Waals surface area contributed by atoms with Gasteiger partial charge in [0.05, 0.1) is 28.7 Å². The van der Waals surface area contributed by atoms with Crippen LogP contribution >= 0.6 is 23.4 Å². The Balaban J connectivity index is 1.65. The summed E-state index contributed by atoms with van der Waals surface area (Å²) in [5, 5.41) is 11.2. The number of aliphatic hydroxyl groups excluding tert-OH is 1. The van der Waals surface area contributed by atoms with Gasteiger partial charge in [0.2, 0.25) is 0 Å². The molecule has 0 aromatic heterocycles. The lowest BCUT2D eigenvalue weighted by atomic mass is 10.1. The van der Waals surface area contributed by atoms with E-state index < -0.39 is 11.9 Å². The van der Waals surface area contributed by atoms with Gasteiger partial charge in [0.1, 0.15) is 23.0 Å². The number of thioether (sulfide) groups is 1. The zero-order valence-electron chi connectivity index (χ0n) is 21.3. The van der Waals surface area contributed by atoms with E-state index in [9.17, 15) is 14.7 Å². The van der Waals surface area contributed by atoms with E-state index in [-0.39, 0.29) is 33.6 Å². The highest BCUT2D eigenvalue weighted by Gasteiger charge is 2.34. The number of amides is 1. The maximum atomic E-state index is 12.8. The number of esters is 1. The lowest BCUT2D eigenvalue weighted by Crippen LogP contribution is -2.14. The van der Waals surface area contributed by atoms with Gasteiger partial charge >= 0.3 is 5.97 Å². The van der Waals surface area contributed by atoms with Crippen molar-refractivity contribution in [2.75, 3.05) is 13.2 Å². The minimum atomic E-state index is -0.781. The Morgan fingerprint density at radius 3 is 2.41 bits per heavy atom. The number of aliphatic hydroxyl groups is 1. The Kier molecular flexibility index (Phi) is 9.46. The molecule has 39 heavy (non-hydrogen) atoms. The molecule has 0 saturated carbocycles. The van der Waals surface area contributed by atoms with Crippen molar-refractivity contribution in [3.8, 4) is 11.5 Å². The molecule has 0 spiro atoms. The second-order valence-corrected chi connectivity index (χ2v) is 9.61. The second-order valence-electron chi connectivity index (χ2n) is 8.17. The molecule has 1 aliphatic heterocycles. The van der Waals surface area contributed by atoms with Crippen LogP contribution in [0.3, 0.4) is 0 Å². The van der Waals surface area contributed by atoms with Gasteiger partial charge in [0, 0.05) is 0 Å². The van der Waals surface area contributed by atoms with Crippen molar-refractivity contribution in [3.63, 3.8) is 0 Å². The fraction of sp³-hybridized carbons (Fsp3) is 0.167. The first-order valence-electron chi connectivity index (χ1n) is 12.2. The predicted octanol–water partition coefficient (Wildman–Crippen LogP) is 7.02. The summed E-state index contributed by atoms with van der Waals surface area (Å²) in [5.74, 6) is -0.649. The third kappa shape index (κ3) is 6.90. The summed E-state index contributed by atoms with van der Waals surface area (Å²) in [4.78, 5) is 30.0. The zero-order valence-corrected chi connectivity index (χ0v) is 22.9. The van der Waals surface area contributed by atoms with Crippen molar-refractivity contribution in [3.05, 3.63) is 111 Å². The molecule has 0 radical (unpaired) electrons. The molecule has 200 valence electrons. The number of halogens is 1. The van der Waals surface area contributed by atoms with Crippen LogP contribution in [0.5, 0.6) is 11.5 Å². The third-order valence-corrected chi connectivity index (χ3v) is 6.83. The van der Waals surface area contributed by atoms with Gasteiger partial charge in [-0.05, 0) is 55.3 Å². The lowest BCUT2D eigenvalue weighted by Gasteiger charge is -2.13. The van der Waals surface area contributed by atoms with Gasteiger partial charge in [0.25, 0.3) is 5.91 Å². The van der Waals surface area contributed by atoms with Gasteiger partial charge in [-0.1, -0.05) is 71.9 Å². The summed E-state index contributed by atoms with van der Waals surface area (Å²) >= 11 is 7.13. The van der Waals surface area contributed by atoms with Crippen LogP contribution < -0.4 is 9.47 Å². The maximum Gasteiger partial charge on any atom is 0.344 e. The van der Waals surface area contributed by atoms with Crippen LogP contribution in [0.2, 0.25) is 5.02 Å². The van der Waals surface area contributed by atoms with Gasteiger partial charge in [-0.15, -0.1) is 0 Å². The van der Waals surface area contributed by atoms with Crippen LogP contribution in [0, 0.1) is 0 Å². The molecule has 4 rings (SSSR count). The Morgan fingerprint density at radius 2 is 1.69 bits per heavy atom. The van der Waals surface area contributed by atoms with Crippen LogP contribution in [0.15, 0.2) is 94.0 Å². The first kappa shape index (κ1) is 28.0. The summed E-state index contributed by atoms with van der Waals surface area (Å²) in [7, 11) is 0. The number of carbonyl (C=O) groups excluding carboxylic acids is 2. The smallest absolute Gasteiger partial charge is 0.344 e. The first-order valence-corrected chi connectivity index (χ1v) is 13.4. The van der Waals surface area contributed by atoms with Crippen LogP contribution in [-0.2, 0) is 16.1 Å². The monoisotopic (exact) mass is 563 g/mol. The average Bonchev–Trinajstić information content (AvgIpc) is 3.23. The number of aliphatic imine (C=N–C) groups is 1. The number of hydrogen-bond donors (Lipinski definition) is 1. The van der Waals surface area contributed by atoms with Crippen LogP contribution in [0.4, 0.5) is 0 Å². The highest BCUT2D eigenvalue weighted by atomic mass is 35.5. The summed E-state index contributed by atoms with van der Waals surface area (Å²) in [5.41, 5.74) is 1.70. The molecule has 1 N–H and O–H groups in total. The molecule has 1 amide bonds. The Bertz CT molecular complexity index is 1470. The largest absolute Gasteiger partial charge is 0.506 e. The summed E-state index contributed by atoms with van der Waals surface area (Å²) < 4.78 is 16.9. The fourth-order valence-corrected chi connectivity index (χ4v) is 4.90. The van der Waals surface area contributed by atoms with Crippen molar-refractivity contribution < 1.29 is 28.9 Å². The normalized spacial score (nSPS) is 15.1. The van der Waals surface area contributed by atoms with E-state index in [1.807, 2.05) is 37.3 Å². The highest BCUT2D eigenvalue weighted by Crippen LogP contribution is 2.40. The average molecular weight is 564 g/mol. The molecule has 7 nitrogen and oxygen atoms in total. The Labute approximate surface area is 235 Å². The standard InChI is InChI=1S/C30H26ClNO6S/c1-3-36-24-16-20(14-15-23(24)38-18-19-10-6-5-7-11-19)17-25-27(33)26(30(35)37-4-2)29(39-25)32-28(34)21-12-8-9-13-22(21)31/h5-17,33H,3-4,18H2,1-2H3/b25-17-,32-29?. The van der Waals surface area contributed by atoms with E-state index in [0.717, 1.165) is 17.3 Å². The molecule has 0 unspecified atom stereocenters. The van der Waals surface area contributed by atoms with Gasteiger partial charge in [-0.2, -0.15) is 0 Å². The van der Waals surface area contributed by atoms with E-state index in [1.165, 1.54) is 6.07 Å². The van der Waals surface area contributed by atoms with Crippen molar-refractivity contribution in [2.24, 2.45) is 4.99 Å². The molecule has 9 heteroatoms. The minimum absolute atomic E-state index is 0.0231. The van der Waals surface area contributed by atoms with Crippen LogP contribution in [-0.4, -0.2) is 35.2 Å². The first-order chi connectivity index (χ1) is 18.9. The quantitative estimate of drug-likeness (QED) is 0.279. The van der Waals surface area contributed by atoms with Gasteiger partial charge in [0.15, 0.2) is 11.5 Å². The molecular weight excluding hydrogens is 538 g/mol. The van der Waals surface area contributed by atoms with Gasteiger partial charge in [-0.25, -0.2) is 9.79 Å². The topological polar surface area (TPSA) is 94.4 Å². The molecule has 1 heterocycles. The van der Waals surface area contributed by atoms with Gasteiger partial charge in [-0.3, -0.25) is 4.79 Å². The predicted molar refractivity (Wildman–Crippen MR) is 153 cm³/mol. The van der Waals surface area contributed by atoms with Crippen molar-refractivity contribution in [1.82, 2.24) is 0 Å². The maximum absolute atomic E-state index is 12.8. The minimum Gasteiger partial charge on any atom is -0.506 e. The number of nitrogens with zero attached hydrogens (tertiary/aromatic N) is 1. The molecule has 0 aliphatic carbocycles. The zero-order chi connectivity index (χ0) is 27.8. The van der Waals surface area contributed by atoms with E-state index in [1.54, 1.807) is 49.4 Å². The molecule has 0 bridgehead atoms. The summed E-state index contributed by atoms with van der Waals surface area (Å²) in [6.45, 7) is 4.42. The van der Waals surface area contributed by atoms with E-state index in [2.05, 4.69) is 4.99 Å². The molecule has 0 fully saturated rings. The van der Waals surface area contributed by atoms with Crippen LogP contribution in [0.1, 0.15) is 35.3 Å². The van der Waals surface area contributed by atoms with E-state index >= 15 is 0 Å². The Morgan fingerprint density at radius 1 is 0.949 bits per heavy atom. The number of benzene rings is 3. The second kappa shape index (κ2) is 13.2. The van der Waals surface area contributed by atoms with E-state index in [4.69, 9.17) is 25.8 Å². The highest BCUT2D eigenvalue weighted by molar-refractivity contribution is 8.18. The number of rotatable bonds is 9. The van der Waals surface area contributed by atoms with Crippen molar-refractivity contribution in [1.29, 1.82) is 0 Å². The lowest BCUT2D eigenvalue weighted by molar-refractivity contribution is -0.138. The molecule has 0 saturated heterocycles. The number of ether oxygens (including phenoxy) is 3. The number of carbonyl (C=O) groups is 2. The molecule has 3 aromatic carbocycles. The molecule has 3 aromatic rings. The molecular formula is C30H26ClNO6S. The van der Waals surface area contributed by atoms with Crippen LogP contribution in [0.25, 0.3) is 6.08 Å². The number of hydrogen-bond acceptors (Lipinski definition) is 7. The fourth-order valence-electron chi connectivity index (χ4n) is 3.67. The molecule has 0 atom stereocenters. The SMILES string of the molecule is CCOC(=O)C1=C(O)/C(=C/c2ccc(OCc3ccccc3)c(OCC)c2)SC1=NC(=O)c1ccccc1Cl. The third-order valence-electron chi connectivity index (χ3n) is 5.48. The van der Waals surface area contributed by atoms with Gasteiger partial charge < -0.3 is 19.3 Å². The molecule has 1 aliphatic rings. The Hall–Kier alpha value is -4.01.